The van der Waals surface area contributed by atoms with Gasteiger partial charge in [-0.2, -0.15) is 0 Å². The van der Waals surface area contributed by atoms with Crippen LogP contribution in [0.1, 0.15) is 40.5 Å². The van der Waals surface area contributed by atoms with E-state index in [1.54, 1.807) is 26.0 Å². The van der Waals surface area contributed by atoms with Crippen molar-refractivity contribution in [3.63, 3.8) is 0 Å². The minimum absolute atomic E-state index is 0.278. The molecule has 0 aromatic rings. The van der Waals surface area contributed by atoms with Gasteiger partial charge in [-0.3, -0.25) is 0 Å². The van der Waals surface area contributed by atoms with Gasteiger partial charge in [0.05, 0.1) is 18.3 Å². The largest absolute Gasteiger partial charge is 0.393 e. The Bertz CT molecular complexity index is 723. The van der Waals surface area contributed by atoms with Gasteiger partial charge < -0.3 is 35.4 Å². The zero-order chi connectivity index (χ0) is 21.8. The second-order valence-corrected chi connectivity index (χ2v) is 9.61. The molecule has 0 unspecified atom stereocenters. The van der Waals surface area contributed by atoms with Crippen molar-refractivity contribution in [2.45, 2.75) is 82.3 Å². The van der Waals surface area contributed by atoms with Crippen LogP contribution in [0.5, 0.6) is 0 Å². The predicted molar refractivity (Wildman–Crippen MR) is 107 cm³/mol. The number of allylic oxidation sites excluding steroid dienone is 2. The van der Waals surface area contributed by atoms with Gasteiger partial charge in [0, 0.05) is 5.92 Å². The minimum Gasteiger partial charge on any atom is -0.393 e. The van der Waals surface area contributed by atoms with E-state index >= 15 is 0 Å². The molecular formula is C22H34O7. The third-order valence-electron chi connectivity index (χ3n) is 7.09. The Kier molecular flexibility index (Phi) is 5.90. The first-order valence-electron chi connectivity index (χ1n) is 10.2. The Balaban J connectivity index is 1.77. The van der Waals surface area contributed by atoms with Crippen LogP contribution >= 0.6 is 0 Å². The smallest absolute Gasteiger partial charge is 0.156 e. The van der Waals surface area contributed by atoms with Gasteiger partial charge in [0.15, 0.2) is 5.60 Å². The molecule has 1 aliphatic heterocycles. The van der Waals surface area contributed by atoms with Crippen molar-refractivity contribution >= 4 is 0 Å². The molecule has 2 aliphatic carbocycles. The molecule has 0 amide bonds. The van der Waals surface area contributed by atoms with Gasteiger partial charge in [0.25, 0.3) is 0 Å². The molecule has 6 N–H and O–H groups in total. The highest BCUT2D eigenvalue weighted by Gasteiger charge is 2.69. The van der Waals surface area contributed by atoms with Crippen LogP contribution in [0.25, 0.3) is 0 Å². The third-order valence-corrected chi connectivity index (χ3v) is 7.09. The lowest BCUT2D eigenvalue weighted by Crippen LogP contribution is -2.52. The molecule has 3 rings (SSSR count). The van der Waals surface area contributed by atoms with Crippen molar-refractivity contribution in [3.05, 3.63) is 35.5 Å². The average molecular weight is 411 g/mol. The first-order valence-corrected chi connectivity index (χ1v) is 10.2. The van der Waals surface area contributed by atoms with Crippen LogP contribution in [0.3, 0.4) is 0 Å². The summed E-state index contributed by atoms with van der Waals surface area (Å²) < 4.78 is 5.50. The second-order valence-electron chi connectivity index (χ2n) is 9.61. The minimum atomic E-state index is -1.32. The maximum absolute atomic E-state index is 10.8. The van der Waals surface area contributed by atoms with E-state index in [0.29, 0.717) is 18.4 Å². The molecule has 0 aromatic heterocycles. The van der Waals surface area contributed by atoms with Gasteiger partial charge in [-0.05, 0) is 43.8 Å². The van der Waals surface area contributed by atoms with E-state index in [2.05, 4.69) is 0 Å². The van der Waals surface area contributed by atoms with Crippen molar-refractivity contribution in [2.24, 2.45) is 11.3 Å². The number of fused-ring (bicyclic) bond motifs is 1. The molecule has 1 saturated heterocycles. The molecule has 1 heterocycles. The zero-order valence-electron chi connectivity index (χ0n) is 17.5. The summed E-state index contributed by atoms with van der Waals surface area (Å²) in [4.78, 5) is 0. The quantitative estimate of drug-likeness (QED) is 0.216. The van der Waals surface area contributed by atoms with Gasteiger partial charge in [-0.25, -0.2) is 0 Å². The van der Waals surface area contributed by atoms with E-state index in [-0.39, 0.29) is 18.1 Å². The summed E-state index contributed by atoms with van der Waals surface area (Å²) >= 11 is 0. The maximum Gasteiger partial charge on any atom is 0.156 e. The number of aliphatic hydroxyl groups excluding tert-OH is 5. The van der Waals surface area contributed by atoms with Crippen LogP contribution in [-0.4, -0.2) is 79.0 Å². The molecule has 8 atom stereocenters. The van der Waals surface area contributed by atoms with Gasteiger partial charge in [0.2, 0.25) is 0 Å². The SMILES string of the molecule is CC(=C[C@H](O)[C@]12O[C@H]1[C@H](O)C(CO)=C[C@@H]2O)/C=C/[C@@H]1C(C)(C)[C@H](O)CC[C@@]1(C)O. The molecule has 0 spiro atoms. The molecule has 7 heteroatoms. The molecule has 0 bridgehead atoms. The Morgan fingerprint density at radius 1 is 1.28 bits per heavy atom. The van der Waals surface area contributed by atoms with Gasteiger partial charge >= 0.3 is 0 Å². The van der Waals surface area contributed by atoms with Crippen LogP contribution in [-0.2, 0) is 4.74 Å². The fourth-order valence-corrected chi connectivity index (χ4v) is 5.02. The topological polar surface area (TPSA) is 134 Å². The van der Waals surface area contributed by atoms with E-state index < -0.39 is 47.1 Å². The van der Waals surface area contributed by atoms with Crippen molar-refractivity contribution in [2.75, 3.05) is 6.61 Å². The lowest BCUT2D eigenvalue weighted by atomic mass is 9.60. The van der Waals surface area contributed by atoms with Crippen molar-refractivity contribution in [3.8, 4) is 0 Å². The van der Waals surface area contributed by atoms with Crippen LogP contribution in [0, 0.1) is 11.3 Å². The van der Waals surface area contributed by atoms with Gasteiger partial charge in [-0.1, -0.05) is 37.6 Å². The highest BCUT2D eigenvalue weighted by Crippen LogP contribution is 2.50. The van der Waals surface area contributed by atoms with Crippen LogP contribution in [0.4, 0.5) is 0 Å². The molecule has 0 aromatic carbocycles. The first kappa shape index (κ1) is 22.6. The molecule has 29 heavy (non-hydrogen) atoms. The Morgan fingerprint density at radius 3 is 2.55 bits per heavy atom. The normalized spacial score (nSPS) is 45.7. The van der Waals surface area contributed by atoms with E-state index in [4.69, 9.17) is 4.74 Å². The molecular weight excluding hydrogens is 376 g/mol. The molecule has 2 fully saturated rings. The fraction of sp³-hybridized carbons (Fsp3) is 0.727. The number of hydrogen-bond donors (Lipinski definition) is 6. The summed E-state index contributed by atoms with van der Waals surface area (Å²) in [5.41, 5.74) is -1.79. The fourth-order valence-electron chi connectivity index (χ4n) is 5.02. The molecule has 3 aliphatic rings. The van der Waals surface area contributed by atoms with Crippen LogP contribution in [0.15, 0.2) is 35.5 Å². The maximum atomic E-state index is 10.8. The Hall–Kier alpha value is -1.06. The number of aliphatic hydroxyl groups is 6. The summed E-state index contributed by atoms with van der Waals surface area (Å²) in [5.74, 6) is -0.278. The van der Waals surface area contributed by atoms with Gasteiger partial charge in [0.1, 0.15) is 24.4 Å². The van der Waals surface area contributed by atoms with E-state index in [0.717, 1.165) is 0 Å². The van der Waals surface area contributed by atoms with Crippen molar-refractivity contribution < 1.29 is 35.4 Å². The lowest BCUT2D eigenvalue weighted by molar-refractivity contribution is -0.124. The van der Waals surface area contributed by atoms with Crippen LogP contribution < -0.4 is 0 Å². The Morgan fingerprint density at radius 2 is 1.93 bits per heavy atom. The number of ether oxygens (including phenoxy) is 1. The highest BCUT2D eigenvalue weighted by molar-refractivity contribution is 5.35. The Labute approximate surface area is 171 Å². The molecule has 164 valence electrons. The number of hydrogen-bond acceptors (Lipinski definition) is 7. The lowest BCUT2D eigenvalue weighted by Gasteiger charge is -2.49. The van der Waals surface area contributed by atoms with Crippen LogP contribution in [0.2, 0.25) is 0 Å². The van der Waals surface area contributed by atoms with Gasteiger partial charge in [-0.15, -0.1) is 0 Å². The molecule has 0 radical (unpaired) electrons. The number of rotatable bonds is 5. The summed E-state index contributed by atoms with van der Waals surface area (Å²) in [6.45, 7) is 7.04. The average Bonchev–Trinajstić information content (AvgIpc) is 3.39. The van der Waals surface area contributed by atoms with Crippen molar-refractivity contribution in [1.82, 2.24) is 0 Å². The van der Waals surface area contributed by atoms with E-state index in [1.807, 2.05) is 19.9 Å². The summed E-state index contributed by atoms with van der Waals surface area (Å²) in [7, 11) is 0. The summed E-state index contributed by atoms with van der Waals surface area (Å²) in [6.07, 6.45) is 2.91. The van der Waals surface area contributed by atoms with Crippen molar-refractivity contribution in [1.29, 1.82) is 0 Å². The first-order chi connectivity index (χ1) is 13.4. The predicted octanol–water partition coefficient (Wildman–Crippen LogP) is 0.190. The standard InChI is InChI=1S/C22H34O7/c1-12(5-6-14-20(2,3)15(24)7-8-21(14,4)28)9-16(25)22-17(26)10-13(11-23)18(27)19(22)29-22/h5-6,9-10,14-19,23-28H,7-8,11H2,1-4H3/b6-5+,12-9?/t14-,15-,16+,17+,18-,19+,21-,22-/m1/s1. The summed E-state index contributed by atoms with van der Waals surface area (Å²) in [6, 6.07) is 0. The zero-order valence-corrected chi connectivity index (χ0v) is 17.5. The number of epoxide rings is 1. The monoisotopic (exact) mass is 410 g/mol. The summed E-state index contributed by atoms with van der Waals surface area (Å²) in [5, 5.41) is 61.7. The molecule has 7 nitrogen and oxygen atoms in total. The third kappa shape index (κ3) is 3.74. The highest BCUT2D eigenvalue weighted by atomic mass is 16.6. The van der Waals surface area contributed by atoms with E-state index in [9.17, 15) is 30.6 Å². The van der Waals surface area contributed by atoms with E-state index in [1.165, 1.54) is 6.08 Å². The molecule has 1 saturated carbocycles. The second kappa shape index (κ2) is 7.57.